The number of hydrogen-bond acceptors (Lipinski definition) is 2. The molecule has 0 bridgehead atoms. The zero-order valence-electron chi connectivity index (χ0n) is 9.04. The smallest absolute Gasteiger partial charge is 0.132 e. The Labute approximate surface area is 92.9 Å². The quantitative estimate of drug-likeness (QED) is 0.799. The molecule has 0 amide bonds. The van der Waals surface area contributed by atoms with E-state index in [-0.39, 0.29) is 0 Å². The molecule has 1 aliphatic rings. The molecule has 88 valence electrons. The molecule has 1 aromatic carbocycles. The summed E-state index contributed by atoms with van der Waals surface area (Å²) in [4.78, 5) is 0. The van der Waals surface area contributed by atoms with Crippen LogP contribution in [0.5, 0.6) is 0 Å². The van der Waals surface area contributed by atoms with Gasteiger partial charge in [0, 0.05) is 18.1 Å². The second-order valence-corrected chi connectivity index (χ2v) is 4.35. The summed E-state index contributed by atoms with van der Waals surface area (Å²) in [5, 5.41) is 9.58. The maximum absolute atomic E-state index is 13.6. The van der Waals surface area contributed by atoms with Crippen LogP contribution in [0.3, 0.4) is 0 Å². The molecule has 1 N–H and O–H groups in total. The summed E-state index contributed by atoms with van der Waals surface area (Å²) < 4.78 is 31.9. The van der Waals surface area contributed by atoms with Gasteiger partial charge in [-0.25, -0.2) is 8.78 Å². The zero-order valence-corrected chi connectivity index (χ0v) is 9.04. The van der Waals surface area contributed by atoms with E-state index in [9.17, 15) is 13.9 Å². The molecule has 1 heterocycles. The van der Waals surface area contributed by atoms with E-state index >= 15 is 0 Å². The van der Waals surface area contributed by atoms with Gasteiger partial charge in [-0.15, -0.1) is 0 Å². The minimum atomic E-state index is -0.866. The molecular formula is C12H14F2O2. The van der Waals surface area contributed by atoms with Gasteiger partial charge >= 0.3 is 0 Å². The Balaban J connectivity index is 2.34. The van der Waals surface area contributed by atoms with Crippen LogP contribution in [0.2, 0.25) is 0 Å². The third kappa shape index (κ3) is 2.08. The molecule has 0 spiro atoms. The van der Waals surface area contributed by atoms with Gasteiger partial charge in [0.05, 0.1) is 18.3 Å². The van der Waals surface area contributed by atoms with Gasteiger partial charge in [-0.2, -0.15) is 0 Å². The van der Waals surface area contributed by atoms with E-state index in [4.69, 9.17) is 4.74 Å². The van der Waals surface area contributed by atoms with Gasteiger partial charge in [0.15, 0.2) is 0 Å². The molecule has 0 saturated carbocycles. The number of halogens is 2. The van der Waals surface area contributed by atoms with Crippen LogP contribution >= 0.6 is 0 Å². The van der Waals surface area contributed by atoms with E-state index in [1.54, 1.807) is 6.92 Å². The molecule has 2 rings (SSSR count). The van der Waals surface area contributed by atoms with Crippen molar-refractivity contribution in [3.63, 3.8) is 0 Å². The number of hydrogen-bond donors (Lipinski definition) is 1. The monoisotopic (exact) mass is 228 g/mol. The van der Waals surface area contributed by atoms with Crippen molar-refractivity contribution in [2.24, 2.45) is 0 Å². The van der Waals surface area contributed by atoms with Gasteiger partial charge in [0.25, 0.3) is 0 Å². The van der Waals surface area contributed by atoms with Gasteiger partial charge < -0.3 is 9.84 Å². The number of benzene rings is 1. The van der Waals surface area contributed by atoms with E-state index < -0.39 is 23.3 Å². The summed E-state index contributed by atoms with van der Waals surface area (Å²) in [6, 6.07) is 3.42. The van der Waals surface area contributed by atoms with Crippen molar-refractivity contribution in [2.75, 3.05) is 6.61 Å². The summed E-state index contributed by atoms with van der Waals surface area (Å²) in [6.07, 6.45) is 0.386. The molecule has 1 saturated heterocycles. The molecule has 4 heteroatoms. The second kappa shape index (κ2) is 4.11. The van der Waals surface area contributed by atoms with Gasteiger partial charge in [0.2, 0.25) is 0 Å². The van der Waals surface area contributed by atoms with Crippen LogP contribution in [-0.2, 0) is 10.3 Å². The molecule has 0 aromatic heterocycles. The van der Waals surface area contributed by atoms with E-state index in [0.717, 1.165) is 6.07 Å². The molecule has 2 nitrogen and oxygen atoms in total. The van der Waals surface area contributed by atoms with Gasteiger partial charge in [-0.3, -0.25) is 0 Å². The maximum Gasteiger partial charge on any atom is 0.132 e. The lowest BCUT2D eigenvalue weighted by Gasteiger charge is -2.37. The van der Waals surface area contributed by atoms with Gasteiger partial charge in [-0.1, -0.05) is 6.07 Å². The van der Waals surface area contributed by atoms with Crippen LogP contribution in [0.1, 0.15) is 25.3 Å². The predicted molar refractivity (Wildman–Crippen MR) is 54.9 cm³/mol. The highest BCUT2D eigenvalue weighted by Gasteiger charge is 2.36. The third-order valence-corrected chi connectivity index (χ3v) is 3.00. The first-order chi connectivity index (χ1) is 7.51. The summed E-state index contributed by atoms with van der Waals surface area (Å²) in [7, 11) is 0. The van der Waals surface area contributed by atoms with E-state index in [2.05, 4.69) is 0 Å². The summed E-state index contributed by atoms with van der Waals surface area (Å²) >= 11 is 0. The van der Waals surface area contributed by atoms with Crippen LogP contribution < -0.4 is 0 Å². The molecular weight excluding hydrogens is 214 g/mol. The maximum atomic E-state index is 13.6. The topological polar surface area (TPSA) is 29.5 Å². The molecule has 0 aliphatic carbocycles. The third-order valence-electron chi connectivity index (χ3n) is 3.00. The highest BCUT2D eigenvalue weighted by Crippen LogP contribution is 2.36. The molecule has 1 fully saturated rings. The molecule has 0 radical (unpaired) electrons. The van der Waals surface area contributed by atoms with Gasteiger partial charge in [-0.05, 0) is 19.4 Å². The number of aliphatic hydroxyl groups is 1. The minimum absolute atomic E-state index is 0.299. The molecule has 2 unspecified atom stereocenters. The zero-order chi connectivity index (χ0) is 11.8. The SMILES string of the molecule is CC1(c2ccc(F)cc2F)CC(O)CCO1. The first-order valence-corrected chi connectivity index (χ1v) is 5.29. The largest absolute Gasteiger partial charge is 0.393 e. The Bertz CT molecular complexity index is 395. The van der Waals surface area contributed by atoms with Crippen molar-refractivity contribution in [3.8, 4) is 0 Å². The van der Waals surface area contributed by atoms with E-state index in [0.29, 0.717) is 25.0 Å². The molecule has 2 atom stereocenters. The minimum Gasteiger partial charge on any atom is -0.393 e. The first-order valence-electron chi connectivity index (χ1n) is 5.29. The van der Waals surface area contributed by atoms with Gasteiger partial charge in [0.1, 0.15) is 11.6 Å². The van der Waals surface area contributed by atoms with Crippen molar-refractivity contribution < 1.29 is 18.6 Å². The molecule has 1 aliphatic heterocycles. The van der Waals surface area contributed by atoms with Crippen LogP contribution in [0.4, 0.5) is 8.78 Å². The molecule has 16 heavy (non-hydrogen) atoms. The Morgan fingerprint density at radius 1 is 1.44 bits per heavy atom. The van der Waals surface area contributed by atoms with Crippen LogP contribution in [0.15, 0.2) is 18.2 Å². The first kappa shape index (κ1) is 11.5. The van der Waals surface area contributed by atoms with E-state index in [1.165, 1.54) is 12.1 Å². The normalized spacial score (nSPS) is 30.4. The lowest BCUT2D eigenvalue weighted by molar-refractivity contribution is -0.114. The average molecular weight is 228 g/mol. The predicted octanol–water partition coefficient (Wildman–Crippen LogP) is 2.35. The molecule has 1 aromatic rings. The fourth-order valence-corrected chi connectivity index (χ4v) is 2.14. The Hall–Kier alpha value is -1.00. The second-order valence-electron chi connectivity index (χ2n) is 4.35. The van der Waals surface area contributed by atoms with Crippen LogP contribution in [0.25, 0.3) is 0 Å². The van der Waals surface area contributed by atoms with Crippen LogP contribution in [0, 0.1) is 11.6 Å². The Kier molecular flexibility index (Phi) is 2.95. The van der Waals surface area contributed by atoms with Crippen molar-refractivity contribution >= 4 is 0 Å². The van der Waals surface area contributed by atoms with Crippen molar-refractivity contribution in [1.82, 2.24) is 0 Å². The number of aliphatic hydroxyl groups excluding tert-OH is 1. The standard InChI is InChI=1S/C12H14F2O2/c1-12(7-9(15)4-5-16-12)10-3-2-8(13)6-11(10)14/h2-3,6,9,15H,4-5,7H2,1H3. The van der Waals surface area contributed by atoms with Crippen molar-refractivity contribution in [3.05, 3.63) is 35.4 Å². The Morgan fingerprint density at radius 2 is 2.19 bits per heavy atom. The average Bonchev–Trinajstić information content (AvgIpc) is 2.16. The number of ether oxygens (including phenoxy) is 1. The summed E-state index contributed by atoms with van der Waals surface area (Å²) in [5.74, 6) is -1.24. The number of rotatable bonds is 1. The Morgan fingerprint density at radius 3 is 2.81 bits per heavy atom. The summed E-state index contributed by atoms with van der Waals surface area (Å²) in [5.41, 5.74) is -0.567. The van der Waals surface area contributed by atoms with Crippen molar-refractivity contribution in [2.45, 2.75) is 31.5 Å². The summed E-state index contributed by atoms with van der Waals surface area (Å²) in [6.45, 7) is 2.10. The lowest BCUT2D eigenvalue weighted by atomic mass is 9.86. The highest BCUT2D eigenvalue weighted by molar-refractivity contribution is 5.25. The lowest BCUT2D eigenvalue weighted by Crippen LogP contribution is -2.37. The fraction of sp³-hybridized carbons (Fsp3) is 0.500. The van der Waals surface area contributed by atoms with E-state index in [1.807, 2.05) is 0 Å². The fourth-order valence-electron chi connectivity index (χ4n) is 2.14. The van der Waals surface area contributed by atoms with Crippen molar-refractivity contribution in [1.29, 1.82) is 0 Å². The van der Waals surface area contributed by atoms with Crippen LogP contribution in [-0.4, -0.2) is 17.8 Å². The highest BCUT2D eigenvalue weighted by atomic mass is 19.1.